The first-order valence-corrected chi connectivity index (χ1v) is 6.64. The van der Waals surface area contributed by atoms with E-state index in [1.807, 2.05) is 0 Å². The molecule has 1 N–H and O–H groups in total. The largest absolute Gasteiger partial charge is 0.462 e. The van der Waals surface area contributed by atoms with E-state index >= 15 is 0 Å². The van der Waals surface area contributed by atoms with Crippen LogP contribution in [-0.2, 0) is 9.53 Å². The van der Waals surface area contributed by atoms with E-state index in [0.717, 1.165) is 13.1 Å². The molecule has 0 aliphatic heterocycles. The van der Waals surface area contributed by atoms with Crippen LogP contribution in [0.25, 0.3) is 0 Å². The number of hydrogen-bond acceptors (Lipinski definition) is 4. The van der Waals surface area contributed by atoms with E-state index in [1.165, 1.54) is 6.92 Å². The van der Waals surface area contributed by atoms with Crippen molar-refractivity contribution in [3.63, 3.8) is 0 Å². The Bertz CT molecular complexity index is 627. The molecule has 0 aliphatic rings. The molecule has 0 fully saturated rings. The van der Waals surface area contributed by atoms with Crippen molar-refractivity contribution in [1.29, 1.82) is 0 Å². The third-order valence-electron chi connectivity index (χ3n) is 2.82. The Morgan fingerprint density at radius 3 is 2.41 bits per heavy atom. The van der Waals surface area contributed by atoms with E-state index in [4.69, 9.17) is 4.74 Å². The molecule has 0 aromatic heterocycles. The molecule has 0 amide bonds. The lowest BCUT2D eigenvalue weighted by Gasteiger charge is -2.11. The van der Waals surface area contributed by atoms with Gasteiger partial charge >= 0.3 is 5.97 Å². The summed E-state index contributed by atoms with van der Waals surface area (Å²) in [6.07, 6.45) is 1.07. The minimum Gasteiger partial charge on any atom is -0.462 e. The standard InChI is InChI=1S/C15H16F3NO3/c1-4-19-7-9(15(21)22-5-2)14(20)12-8(3)13(18)11(17)6-10(12)16/h6-7,19H,4-5H2,1-3H3/b9-7+. The predicted molar refractivity (Wildman–Crippen MR) is 73.8 cm³/mol. The molecule has 0 aliphatic carbocycles. The molecule has 22 heavy (non-hydrogen) atoms. The number of ether oxygens (including phenoxy) is 1. The van der Waals surface area contributed by atoms with Crippen molar-refractivity contribution in [2.75, 3.05) is 13.2 Å². The van der Waals surface area contributed by atoms with Gasteiger partial charge in [0.15, 0.2) is 11.6 Å². The van der Waals surface area contributed by atoms with Gasteiger partial charge in [-0.3, -0.25) is 4.79 Å². The predicted octanol–water partition coefficient (Wildman–Crippen LogP) is 2.65. The summed E-state index contributed by atoms with van der Waals surface area (Å²) in [5, 5.41) is 2.63. The molecule has 120 valence electrons. The topological polar surface area (TPSA) is 55.4 Å². The van der Waals surface area contributed by atoms with Crippen molar-refractivity contribution < 1.29 is 27.5 Å². The van der Waals surface area contributed by atoms with E-state index in [0.29, 0.717) is 6.54 Å². The lowest BCUT2D eigenvalue weighted by molar-refractivity contribution is -0.138. The quantitative estimate of drug-likeness (QED) is 0.219. The number of rotatable bonds is 6. The summed E-state index contributed by atoms with van der Waals surface area (Å²) in [6, 6.07) is 0.269. The Hall–Kier alpha value is -2.31. The monoisotopic (exact) mass is 315 g/mol. The number of benzene rings is 1. The third kappa shape index (κ3) is 3.66. The first-order valence-electron chi connectivity index (χ1n) is 6.64. The molecule has 7 heteroatoms. The Labute approximate surface area is 126 Å². The number of esters is 1. The Balaban J connectivity index is 3.37. The average Bonchev–Trinajstić information content (AvgIpc) is 2.45. The second-order valence-corrected chi connectivity index (χ2v) is 4.32. The van der Waals surface area contributed by atoms with Crippen LogP contribution < -0.4 is 5.32 Å². The van der Waals surface area contributed by atoms with E-state index in [2.05, 4.69) is 5.32 Å². The fourth-order valence-corrected chi connectivity index (χ4v) is 1.76. The van der Waals surface area contributed by atoms with Crippen molar-refractivity contribution in [1.82, 2.24) is 5.32 Å². The summed E-state index contributed by atoms with van der Waals surface area (Å²) >= 11 is 0. The van der Waals surface area contributed by atoms with Crippen LogP contribution in [0, 0.1) is 24.4 Å². The van der Waals surface area contributed by atoms with Gasteiger partial charge in [0, 0.05) is 24.4 Å². The maximum atomic E-state index is 13.8. The normalized spacial score (nSPS) is 11.3. The van der Waals surface area contributed by atoms with Crippen LogP contribution in [0.4, 0.5) is 13.2 Å². The molecule has 0 saturated carbocycles. The second-order valence-electron chi connectivity index (χ2n) is 4.32. The van der Waals surface area contributed by atoms with Crippen LogP contribution in [0.5, 0.6) is 0 Å². The average molecular weight is 315 g/mol. The molecular weight excluding hydrogens is 299 g/mol. The Morgan fingerprint density at radius 2 is 1.86 bits per heavy atom. The summed E-state index contributed by atoms with van der Waals surface area (Å²) in [5.41, 5.74) is -1.69. The lowest BCUT2D eigenvalue weighted by Crippen LogP contribution is -2.21. The summed E-state index contributed by atoms with van der Waals surface area (Å²) in [5.74, 6) is -6.03. The zero-order chi connectivity index (χ0) is 16.9. The van der Waals surface area contributed by atoms with Crippen LogP contribution in [0.1, 0.15) is 29.8 Å². The first-order chi connectivity index (χ1) is 10.3. The SMILES string of the molecule is CCN/C=C(/C(=O)OCC)C(=O)c1c(F)cc(F)c(F)c1C. The maximum Gasteiger partial charge on any atom is 0.343 e. The van der Waals surface area contributed by atoms with Crippen molar-refractivity contribution in [3.05, 3.63) is 46.4 Å². The molecule has 0 saturated heterocycles. The highest BCUT2D eigenvalue weighted by atomic mass is 19.2. The van der Waals surface area contributed by atoms with Gasteiger partial charge in [0.05, 0.1) is 12.2 Å². The highest BCUT2D eigenvalue weighted by Crippen LogP contribution is 2.23. The first kappa shape index (κ1) is 17.7. The van der Waals surface area contributed by atoms with Crippen LogP contribution in [0.15, 0.2) is 17.8 Å². The fourth-order valence-electron chi connectivity index (χ4n) is 1.76. The van der Waals surface area contributed by atoms with Crippen LogP contribution in [-0.4, -0.2) is 24.9 Å². The summed E-state index contributed by atoms with van der Waals surface area (Å²) in [6.45, 7) is 4.72. The van der Waals surface area contributed by atoms with Crippen molar-refractivity contribution in [3.8, 4) is 0 Å². The molecule has 0 radical (unpaired) electrons. The number of ketones is 1. The number of Topliss-reactive ketones (excluding diaryl/α,β-unsaturated/α-hetero) is 1. The van der Waals surface area contributed by atoms with E-state index in [-0.39, 0.29) is 12.7 Å². The molecule has 0 spiro atoms. The molecule has 0 unspecified atom stereocenters. The summed E-state index contributed by atoms with van der Waals surface area (Å²) < 4.78 is 45.2. The number of hydrogen-bond donors (Lipinski definition) is 1. The van der Waals surface area contributed by atoms with E-state index in [1.54, 1.807) is 6.92 Å². The molecule has 4 nitrogen and oxygen atoms in total. The van der Waals surface area contributed by atoms with E-state index in [9.17, 15) is 22.8 Å². The van der Waals surface area contributed by atoms with Gasteiger partial charge in [0.2, 0.25) is 5.78 Å². The van der Waals surface area contributed by atoms with Gasteiger partial charge in [-0.05, 0) is 20.8 Å². The van der Waals surface area contributed by atoms with Gasteiger partial charge in [-0.2, -0.15) is 0 Å². The van der Waals surface area contributed by atoms with Crippen LogP contribution in [0.3, 0.4) is 0 Å². The Kier molecular flexibility index (Phi) is 6.15. The van der Waals surface area contributed by atoms with E-state index < -0.39 is 45.9 Å². The summed E-state index contributed by atoms with van der Waals surface area (Å²) in [7, 11) is 0. The minimum absolute atomic E-state index is 0.00875. The molecule has 1 aromatic rings. The van der Waals surface area contributed by atoms with Crippen molar-refractivity contribution in [2.45, 2.75) is 20.8 Å². The maximum absolute atomic E-state index is 13.8. The van der Waals surface area contributed by atoms with Gasteiger partial charge < -0.3 is 10.1 Å². The second kappa shape index (κ2) is 7.63. The van der Waals surface area contributed by atoms with Gasteiger partial charge in [0.25, 0.3) is 0 Å². The van der Waals surface area contributed by atoms with Crippen molar-refractivity contribution in [2.24, 2.45) is 0 Å². The van der Waals surface area contributed by atoms with Gasteiger partial charge in [0.1, 0.15) is 11.4 Å². The fraction of sp³-hybridized carbons (Fsp3) is 0.333. The van der Waals surface area contributed by atoms with Crippen LogP contribution in [0.2, 0.25) is 0 Å². The number of halogens is 3. The molecule has 0 atom stereocenters. The molecule has 0 heterocycles. The number of carbonyl (C=O) groups excluding carboxylic acids is 2. The van der Waals surface area contributed by atoms with Gasteiger partial charge in [-0.1, -0.05) is 0 Å². The Morgan fingerprint density at radius 1 is 1.23 bits per heavy atom. The zero-order valence-corrected chi connectivity index (χ0v) is 12.4. The van der Waals surface area contributed by atoms with Crippen LogP contribution >= 0.6 is 0 Å². The highest BCUT2D eigenvalue weighted by Gasteiger charge is 2.28. The highest BCUT2D eigenvalue weighted by molar-refractivity contribution is 6.24. The van der Waals surface area contributed by atoms with Gasteiger partial charge in [-0.25, -0.2) is 18.0 Å². The zero-order valence-electron chi connectivity index (χ0n) is 12.4. The molecule has 1 rings (SSSR count). The lowest BCUT2D eigenvalue weighted by atomic mass is 9.98. The van der Waals surface area contributed by atoms with Crippen molar-refractivity contribution >= 4 is 11.8 Å². The number of nitrogens with one attached hydrogen (secondary N) is 1. The molecule has 1 aromatic carbocycles. The molecule has 0 bridgehead atoms. The molecular formula is C15H16F3NO3. The summed E-state index contributed by atoms with van der Waals surface area (Å²) in [4.78, 5) is 24.1. The van der Waals surface area contributed by atoms with Gasteiger partial charge in [-0.15, -0.1) is 0 Å². The smallest absolute Gasteiger partial charge is 0.343 e. The minimum atomic E-state index is -1.40. The third-order valence-corrected chi connectivity index (χ3v) is 2.82. The number of carbonyl (C=O) groups is 2.